The van der Waals surface area contributed by atoms with E-state index < -0.39 is 10.0 Å². The molecule has 3 aliphatic rings. The van der Waals surface area contributed by atoms with Crippen molar-refractivity contribution >= 4 is 27.5 Å². The maximum atomic E-state index is 12.9. The molecule has 28 heavy (non-hydrogen) atoms. The monoisotopic (exact) mass is 407 g/mol. The van der Waals surface area contributed by atoms with Gasteiger partial charge in [-0.05, 0) is 37.1 Å². The number of piperazine rings is 1. The molecule has 1 aromatic rings. The van der Waals surface area contributed by atoms with Crippen LogP contribution in [0.3, 0.4) is 0 Å². The van der Waals surface area contributed by atoms with Crippen molar-refractivity contribution in [2.45, 2.75) is 24.5 Å². The fourth-order valence-corrected chi connectivity index (χ4v) is 5.71. The maximum Gasteiger partial charge on any atom is 0.228 e. The average molecular weight is 407 g/mol. The summed E-state index contributed by atoms with van der Waals surface area (Å²) >= 11 is 0. The third kappa shape index (κ3) is 3.60. The summed E-state index contributed by atoms with van der Waals surface area (Å²) in [6, 6.07) is 7.20. The van der Waals surface area contributed by atoms with Gasteiger partial charge in [0.2, 0.25) is 21.8 Å². The molecule has 0 spiro atoms. The predicted octanol–water partition coefficient (Wildman–Crippen LogP) is 0.685. The van der Waals surface area contributed by atoms with E-state index >= 15 is 0 Å². The molecule has 4 rings (SSSR count). The second-order valence-electron chi connectivity index (χ2n) is 7.57. The van der Waals surface area contributed by atoms with E-state index in [1.807, 2.05) is 12.1 Å². The number of sulfonamides is 1. The number of rotatable bonds is 5. The van der Waals surface area contributed by atoms with E-state index in [-0.39, 0.29) is 29.4 Å². The van der Waals surface area contributed by atoms with Crippen LogP contribution in [0.15, 0.2) is 24.3 Å². The maximum absolute atomic E-state index is 12.9. The quantitative estimate of drug-likeness (QED) is 0.717. The number of hydrogen-bond acceptors (Lipinski definition) is 5. The van der Waals surface area contributed by atoms with Crippen LogP contribution in [0.2, 0.25) is 0 Å². The van der Waals surface area contributed by atoms with Crippen LogP contribution in [-0.4, -0.2) is 74.5 Å². The summed E-state index contributed by atoms with van der Waals surface area (Å²) in [5, 5.41) is -0.222. The van der Waals surface area contributed by atoms with Crippen LogP contribution in [0.4, 0.5) is 5.69 Å². The summed E-state index contributed by atoms with van der Waals surface area (Å²) in [4.78, 5) is 28.7. The van der Waals surface area contributed by atoms with Crippen LogP contribution < -0.4 is 9.64 Å². The van der Waals surface area contributed by atoms with Crippen molar-refractivity contribution in [2.75, 3.05) is 44.7 Å². The van der Waals surface area contributed by atoms with Gasteiger partial charge in [0, 0.05) is 44.8 Å². The highest BCUT2D eigenvalue weighted by molar-refractivity contribution is 7.90. The molecule has 2 heterocycles. The molecule has 1 atom stereocenters. The van der Waals surface area contributed by atoms with Gasteiger partial charge in [-0.25, -0.2) is 8.42 Å². The number of hydrogen-bond donors (Lipinski definition) is 0. The molecule has 2 amide bonds. The van der Waals surface area contributed by atoms with Gasteiger partial charge >= 0.3 is 0 Å². The van der Waals surface area contributed by atoms with E-state index in [9.17, 15) is 18.0 Å². The highest BCUT2D eigenvalue weighted by Gasteiger charge is 2.43. The Labute approximate surface area is 165 Å². The molecular formula is C19H25N3O5S. The number of ether oxygens (including phenoxy) is 1. The van der Waals surface area contributed by atoms with Gasteiger partial charge in [-0.2, -0.15) is 4.31 Å². The zero-order chi connectivity index (χ0) is 19.9. The molecule has 1 unspecified atom stereocenters. The topological polar surface area (TPSA) is 87.2 Å². The van der Waals surface area contributed by atoms with Gasteiger partial charge in [0.25, 0.3) is 0 Å². The number of nitrogens with zero attached hydrogens (tertiary/aromatic N) is 3. The number of anilines is 1. The van der Waals surface area contributed by atoms with Crippen molar-refractivity contribution in [1.29, 1.82) is 0 Å². The Bertz CT molecular complexity index is 858. The summed E-state index contributed by atoms with van der Waals surface area (Å²) in [7, 11) is -1.61. The molecular weight excluding hydrogens is 382 g/mol. The van der Waals surface area contributed by atoms with E-state index in [1.165, 1.54) is 4.31 Å². The zero-order valence-electron chi connectivity index (χ0n) is 15.9. The van der Waals surface area contributed by atoms with Crippen molar-refractivity contribution in [2.24, 2.45) is 5.92 Å². The van der Waals surface area contributed by atoms with Gasteiger partial charge in [0.05, 0.1) is 18.3 Å². The minimum Gasteiger partial charge on any atom is -0.497 e. The molecule has 0 bridgehead atoms. The summed E-state index contributed by atoms with van der Waals surface area (Å²) < 4.78 is 31.3. The van der Waals surface area contributed by atoms with Crippen molar-refractivity contribution in [1.82, 2.24) is 9.21 Å². The van der Waals surface area contributed by atoms with E-state index in [1.54, 1.807) is 29.0 Å². The Hall–Kier alpha value is -2.13. The van der Waals surface area contributed by atoms with E-state index in [0.29, 0.717) is 38.5 Å². The van der Waals surface area contributed by atoms with Crippen molar-refractivity contribution in [3.8, 4) is 5.75 Å². The lowest BCUT2D eigenvalue weighted by atomic mass is 10.1. The smallest absolute Gasteiger partial charge is 0.228 e. The van der Waals surface area contributed by atoms with Crippen molar-refractivity contribution in [3.05, 3.63) is 24.3 Å². The first kappa shape index (κ1) is 19.2. The molecule has 0 N–H and O–H groups in total. The van der Waals surface area contributed by atoms with Crippen LogP contribution in [-0.2, 0) is 19.6 Å². The Balaban J connectivity index is 1.36. The van der Waals surface area contributed by atoms with Gasteiger partial charge in [0.15, 0.2) is 0 Å². The summed E-state index contributed by atoms with van der Waals surface area (Å²) in [5.74, 6) is 0.189. The first-order chi connectivity index (χ1) is 13.4. The van der Waals surface area contributed by atoms with Gasteiger partial charge in [0.1, 0.15) is 5.75 Å². The SMILES string of the molecule is COc1ccc(N2CC(C(=O)N3CCN(S(=O)(=O)C4CC4)CC3)CC2=O)cc1. The molecule has 1 saturated carbocycles. The zero-order valence-corrected chi connectivity index (χ0v) is 16.7. The van der Waals surface area contributed by atoms with Crippen LogP contribution in [0.5, 0.6) is 5.75 Å². The van der Waals surface area contributed by atoms with E-state index in [4.69, 9.17) is 4.74 Å². The van der Waals surface area contributed by atoms with Crippen molar-refractivity contribution < 1.29 is 22.7 Å². The predicted molar refractivity (Wildman–Crippen MR) is 104 cm³/mol. The molecule has 2 saturated heterocycles. The lowest BCUT2D eigenvalue weighted by molar-refractivity contribution is -0.136. The average Bonchev–Trinajstić information content (AvgIpc) is 3.51. The summed E-state index contributed by atoms with van der Waals surface area (Å²) in [6.07, 6.45) is 1.67. The molecule has 9 heteroatoms. The minimum absolute atomic E-state index is 0.0622. The van der Waals surface area contributed by atoms with E-state index in [0.717, 1.165) is 18.5 Å². The molecule has 3 fully saturated rings. The van der Waals surface area contributed by atoms with Crippen molar-refractivity contribution in [3.63, 3.8) is 0 Å². The first-order valence-electron chi connectivity index (χ1n) is 9.62. The van der Waals surface area contributed by atoms with Gasteiger partial charge in [-0.15, -0.1) is 0 Å². The Morgan fingerprint density at radius 1 is 1.07 bits per heavy atom. The lowest BCUT2D eigenvalue weighted by Gasteiger charge is -2.35. The van der Waals surface area contributed by atoms with E-state index in [2.05, 4.69) is 0 Å². The van der Waals surface area contributed by atoms with Crippen LogP contribution in [0.25, 0.3) is 0 Å². The van der Waals surface area contributed by atoms with Crippen LogP contribution >= 0.6 is 0 Å². The second kappa shape index (κ2) is 7.36. The molecule has 2 aliphatic heterocycles. The Morgan fingerprint density at radius 2 is 1.71 bits per heavy atom. The minimum atomic E-state index is -3.19. The molecule has 0 aromatic heterocycles. The molecule has 1 aromatic carbocycles. The molecule has 152 valence electrons. The number of carbonyl (C=O) groups is 2. The Kier molecular flexibility index (Phi) is 5.05. The third-order valence-electron chi connectivity index (χ3n) is 5.71. The van der Waals surface area contributed by atoms with Gasteiger partial charge < -0.3 is 14.5 Å². The van der Waals surface area contributed by atoms with Crippen LogP contribution in [0, 0.1) is 5.92 Å². The highest BCUT2D eigenvalue weighted by Crippen LogP contribution is 2.32. The summed E-state index contributed by atoms with van der Waals surface area (Å²) in [5.41, 5.74) is 0.751. The molecule has 8 nitrogen and oxygen atoms in total. The Morgan fingerprint density at radius 3 is 2.29 bits per heavy atom. The third-order valence-corrected chi connectivity index (χ3v) is 8.11. The largest absolute Gasteiger partial charge is 0.497 e. The molecule has 1 aliphatic carbocycles. The standard InChI is InChI=1S/C19H25N3O5S/c1-27-16-4-2-15(3-5-16)22-13-14(12-18(22)23)19(24)20-8-10-21(11-9-20)28(25,26)17-6-7-17/h2-5,14,17H,6-13H2,1H3. The van der Waals surface area contributed by atoms with Gasteiger partial charge in [-0.3, -0.25) is 9.59 Å². The fraction of sp³-hybridized carbons (Fsp3) is 0.579. The normalized spacial score (nSPS) is 23.9. The van der Waals surface area contributed by atoms with Gasteiger partial charge in [-0.1, -0.05) is 0 Å². The number of amides is 2. The summed E-state index contributed by atoms with van der Waals surface area (Å²) in [6.45, 7) is 1.81. The lowest BCUT2D eigenvalue weighted by Crippen LogP contribution is -2.52. The fourth-order valence-electron chi connectivity index (χ4n) is 3.88. The highest BCUT2D eigenvalue weighted by atomic mass is 32.2. The second-order valence-corrected chi connectivity index (χ2v) is 9.79. The number of benzene rings is 1. The first-order valence-corrected chi connectivity index (χ1v) is 11.1. The number of carbonyl (C=O) groups excluding carboxylic acids is 2. The molecule has 0 radical (unpaired) electrons. The number of methoxy groups -OCH3 is 1. The van der Waals surface area contributed by atoms with Crippen LogP contribution in [0.1, 0.15) is 19.3 Å².